The highest BCUT2D eigenvalue weighted by Crippen LogP contribution is 2.22. The first kappa shape index (κ1) is 24.4. The van der Waals surface area contributed by atoms with Crippen LogP contribution in [0.4, 0.5) is 5.69 Å². The van der Waals surface area contributed by atoms with Crippen molar-refractivity contribution in [1.29, 1.82) is 0 Å². The van der Waals surface area contributed by atoms with Gasteiger partial charge in [-0.15, -0.1) is 11.3 Å². The number of hydrogen-bond donors (Lipinski definition) is 2. The van der Waals surface area contributed by atoms with Crippen LogP contribution in [0.3, 0.4) is 0 Å². The maximum atomic E-state index is 13.0. The van der Waals surface area contributed by atoms with Crippen LogP contribution in [-0.2, 0) is 16.6 Å². The van der Waals surface area contributed by atoms with Gasteiger partial charge in [0, 0.05) is 35.8 Å². The van der Waals surface area contributed by atoms with Crippen LogP contribution < -0.4 is 10.0 Å². The summed E-state index contributed by atoms with van der Waals surface area (Å²) in [5.41, 5.74) is 2.59. The van der Waals surface area contributed by atoms with E-state index in [9.17, 15) is 13.2 Å². The van der Waals surface area contributed by atoms with Crippen LogP contribution in [0.1, 0.15) is 39.2 Å². The molecular formula is C26H31N3O3S2. The van der Waals surface area contributed by atoms with E-state index in [-0.39, 0.29) is 10.8 Å². The molecule has 34 heavy (non-hydrogen) atoms. The predicted octanol–water partition coefficient (Wildman–Crippen LogP) is 4.81. The van der Waals surface area contributed by atoms with Gasteiger partial charge in [0.15, 0.2) is 0 Å². The standard InChI is InChI=1S/C26H31N3O3S2/c1-19-6-3-8-22(14-19)28-34(31,32)24-11-10-20(2)25(15-24)26(30)27-16-21-7-4-12-29(17-21)18-23-9-5-13-33-23/h3,5-6,8-11,13-15,21,28H,4,7,12,16-18H2,1-2H3,(H,27,30). The average Bonchev–Trinajstić information content (AvgIpc) is 3.30. The Morgan fingerprint density at radius 1 is 1.12 bits per heavy atom. The topological polar surface area (TPSA) is 78.5 Å². The zero-order chi connectivity index (χ0) is 24.1. The van der Waals surface area contributed by atoms with E-state index in [1.807, 2.05) is 19.9 Å². The monoisotopic (exact) mass is 497 g/mol. The first-order chi connectivity index (χ1) is 16.3. The van der Waals surface area contributed by atoms with Gasteiger partial charge in [-0.2, -0.15) is 0 Å². The molecule has 2 heterocycles. The highest BCUT2D eigenvalue weighted by atomic mass is 32.2. The molecular weight excluding hydrogens is 466 g/mol. The number of thiophene rings is 1. The summed E-state index contributed by atoms with van der Waals surface area (Å²) in [5.74, 6) is 0.147. The summed E-state index contributed by atoms with van der Waals surface area (Å²) in [7, 11) is -3.81. The Morgan fingerprint density at radius 2 is 1.97 bits per heavy atom. The molecule has 8 heteroatoms. The Bertz CT molecular complexity index is 1240. The number of nitrogens with zero attached hydrogens (tertiary/aromatic N) is 1. The SMILES string of the molecule is Cc1cccc(NS(=O)(=O)c2ccc(C)c(C(=O)NCC3CCCN(Cc4cccs4)C3)c2)c1. The first-order valence-corrected chi connectivity index (χ1v) is 13.9. The second kappa shape index (κ2) is 10.7. The zero-order valence-corrected chi connectivity index (χ0v) is 21.2. The van der Waals surface area contributed by atoms with E-state index >= 15 is 0 Å². The number of sulfonamides is 1. The fraction of sp³-hybridized carbons (Fsp3) is 0.346. The van der Waals surface area contributed by atoms with Gasteiger partial charge in [-0.25, -0.2) is 8.42 Å². The van der Waals surface area contributed by atoms with Gasteiger partial charge in [0.25, 0.3) is 15.9 Å². The second-order valence-corrected chi connectivity index (χ2v) is 11.7. The Balaban J connectivity index is 1.39. The summed E-state index contributed by atoms with van der Waals surface area (Å²) < 4.78 is 28.4. The Kier molecular flexibility index (Phi) is 7.70. The molecule has 1 aliphatic rings. The van der Waals surface area contributed by atoms with Crippen LogP contribution in [0.5, 0.6) is 0 Å². The average molecular weight is 498 g/mol. The number of likely N-dealkylation sites (tertiary alicyclic amines) is 1. The number of piperidine rings is 1. The van der Waals surface area contributed by atoms with Crippen molar-refractivity contribution in [2.75, 3.05) is 24.4 Å². The molecule has 2 aromatic carbocycles. The summed E-state index contributed by atoms with van der Waals surface area (Å²) >= 11 is 1.77. The van der Waals surface area contributed by atoms with Crippen LogP contribution in [0.2, 0.25) is 0 Å². The third-order valence-electron chi connectivity index (χ3n) is 6.15. The molecule has 1 unspecified atom stereocenters. The lowest BCUT2D eigenvalue weighted by atomic mass is 9.97. The lowest BCUT2D eigenvalue weighted by molar-refractivity contribution is 0.0930. The van der Waals surface area contributed by atoms with Crippen molar-refractivity contribution < 1.29 is 13.2 Å². The van der Waals surface area contributed by atoms with Gasteiger partial charge in [-0.1, -0.05) is 24.3 Å². The molecule has 1 aliphatic heterocycles. The maximum Gasteiger partial charge on any atom is 0.261 e. The smallest absolute Gasteiger partial charge is 0.261 e. The van der Waals surface area contributed by atoms with E-state index < -0.39 is 10.0 Å². The van der Waals surface area contributed by atoms with E-state index in [4.69, 9.17) is 0 Å². The molecule has 6 nitrogen and oxygen atoms in total. The van der Waals surface area contributed by atoms with E-state index in [0.29, 0.717) is 23.7 Å². The van der Waals surface area contributed by atoms with Crippen LogP contribution in [0, 0.1) is 19.8 Å². The number of carbonyl (C=O) groups excluding carboxylic acids is 1. The van der Waals surface area contributed by atoms with Gasteiger partial charge in [0.2, 0.25) is 0 Å². The van der Waals surface area contributed by atoms with E-state index in [1.54, 1.807) is 35.6 Å². The molecule has 0 aliphatic carbocycles. The van der Waals surface area contributed by atoms with Crippen molar-refractivity contribution in [1.82, 2.24) is 10.2 Å². The van der Waals surface area contributed by atoms with Crippen LogP contribution >= 0.6 is 11.3 Å². The molecule has 1 fully saturated rings. The molecule has 1 amide bonds. The van der Waals surface area contributed by atoms with Gasteiger partial charge >= 0.3 is 0 Å². The fourth-order valence-electron chi connectivity index (χ4n) is 4.35. The van der Waals surface area contributed by atoms with Crippen molar-refractivity contribution >= 4 is 33.0 Å². The number of nitrogens with one attached hydrogen (secondary N) is 2. The number of rotatable bonds is 8. The van der Waals surface area contributed by atoms with Gasteiger partial charge in [-0.3, -0.25) is 14.4 Å². The molecule has 0 saturated carbocycles. The van der Waals surface area contributed by atoms with Crippen molar-refractivity contribution in [3.05, 3.63) is 81.5 Å². The highest BCUT2D eigenvalue weighted by molar-refractivity contribution is 7.92. The summed E-state index contributed by atoms with van der Waals surface area (Å²) in [4.78, 5) is 16.9. The van der Waals surface area contributed by atoms with Gasteiger partial charge in [0.1, 0.15) is 0 Å². The van der Waals surface area contributed by atoms with Crippen molar-refractivity contribution in [3.8, 4) is 0 Å². The quantitative estimate of drug-likeness (QED) is 0.468. The molecule has 0 bridgehead atoms. The number of carbonyl (C=O) groups is 1. The van der Waals surface area contributed by atoms with Crippen LogP contribution in [0.25, 0.3) is 0 Å². The minimum absolute atomic E-state index is 0.0737. The van der Waals surface area contributed by atoms with Gasteiger partial charge in [-0.05, 0) is 86.0 Å². The van der Waals surface area contributed by atoms with Gasteiger partial charge < -0.3 is 5.32 Å². The third kappa shape index (κ3) is 6.25. The molecule has 1 saturated heterocycles. The van der Waals surface area contributed by atoms with Crippen molar-refractivity contribution in [2.24, 2.45) is 5.92 Å². The predicted molar refractivity (Wildman–Crippen MR) is 138 cm³/mol. The Labute approximate surface area is 206 Å². The zero-order valence-electron chi connectivity index (χ0n) is 19.6. The minimum Gasteiger partial charge on any atom is -0.352 e. The van der Waals surface area contributed by atoms with Crippen LogP contribution in [0.15, 0.2) is 64.9 Å². The minimum atomic E-state index is -3.81. The molecule has 0 spiro atoms. The largest absolute Gasteiger partial charge is 0.352 e. The van der Waals surface area contributed by atoms with Gasteiger partial charge in [0.05, 0.1) is 4.90 Å². The highest BCUT2D eigenvalue weighted by Gasteiger charge is 2.22. The number of hydrogen-bond acceptors (Lipinski definition) is 5. The number of amides is 1. The summed E-state index contributed by atoms with van der Waals surface area (Å²) in [5, 5.41) is 5.15. The fourth-order valence-corrected chi connectivity index (χ4v) is 6.17. The lowest BCUT2D eigenvalue weighted by Crippen LogP contribution is -2.40. The second-order valence-electron chi connectivity index (χ2n) is 8.98. The number of aryl methyl sites for hydroxylation is 2. The van der Waals surface area contributed by atoms with E-state index in [1.165, 1.54) is 17.0 Å². The molecule has 1 aromatic heterocycles. The molecule has 180 valence electrons. The molecule has 0 radical (unpaired) electrons. The lowest BCUT2D eigenvalue weighted by Gasteiger charge is -2.32. The first-order valence-electron chi connectivity index (χ1n) is 11.5. The summed E-state index contributed by atoms with van der Waals surface area (Å²) in [6, 6.07) is 16.1. The number of anilines is 1. The van der Waals surface area contributed by atoms with E-state index in [2.05, 4.69) is 32.5 Å². The molecule has 1 atom stereocenters. The summed E-state index contributed by atoms with van der Waals surface area (Å²) in [6.45, 7) is 7.29. The Morgan fingerprint density at radius 3 is 2.74 bits per heavy atom. The normalized spacial score (nSPS) is 16.8. The molecule has 4 rings (SSSR count). The number of benzene rings is 2. The Hall–Kier alpha value is -2.68. The van der Waals surface area contributed by atoms with E-state index in [0.717, 1.165) is 43.6 Å². The van der Waals surface area contributed by atoms with Crippen molar-refractivity contribution in [3.63, 3.8) is 0 Å². The third-order valence-corrected chi connectivity index (χ3v) is 8.39. The summed E-state index contributed by atoms with van der Waals surface area (Å²) in [6.07, 6.45) is 2.19. The molecule has 3 aromatic rings. The maximum absolute atomic E-state index is 13.0. The van der Waals surface area contributed by atoms with Crippen LogP contribution in [-0.4, -0.2) is 38.9 Å². The molecule has 2 N–H and O–H groups in total. The van der Waals surface area contributed by atoms with Crippen molar-refractivity contribution in [2.45, 2.75) is 38.1 Å².